The van der Waals surface area contributed by atoms with Crippen LogP contribution in [-0.2, 0) is 0 Å². The maximum Gasteiger partial charge on any atom is 0.180 e. The minimum Gasteiger partial charge on any atom is -0.405 e. The zero-order valence-corrected chi connectivity index (χ0v) is 17.1. The van der Waals surface area contributed by atoms with Crippen molar-refractivity contribution in [1.29, 1.82) is 0 Å². The number of benzene rings is 2. The Balaban J connectivity index is 1.82. The third-order valence-electron chi connectivity index (χ3n) is 4.74. The highest BCUT2D eigenvalue weighted by Gasteiger charge is 2.14. The number of hydrogen-bond donors (Lipinski definition) is 2. The molecule has 152 valence electrons. The molecule has 2 aromatic carbocycles. The highest BCUT2D eigenvalue weighted by atomic mass is 15.0. The van der Waals surface area contributed by atoms with E-state index in [1.54, 1.807) is 12.3 Å². The van der Waals surface area contributed by atoms with Crippen LogP contribution in [0.3, 0.4) is 0 Å². The summed E-state index contributed by atoms with van der Waals surface area (Å²) in [5.74, 6) is 1.32. The molecule has 31 heavy (non-hydrogen) atoms. The van der Waals surface area contributed by atoms with Gasteiger partial charge in [0.05, 0.1) is 10.9 Å². The highest BCUT2D eigenvalue weighted by Crippen LogP contribution is 2.33. The number of nitrogens with one attached hydrogen (secondary N) is 1. The Bertz CT molecular complexity index is 1250. The molecule has 5 nitrogen and oxygen atoms in total. The van der Waals surface area contributed by atoms with E-state index in [4.69, 9.17) is 15.7 Å². The number of anilines is 1. The zero-order chi connectivity index (χ0) is 21.5. The second-order valence-corrected chi connectivity index (χ2v) is 6.93. The molecule has 0 aliphatic heterocycles. The lowest BCUT2D eigenvalue weighted by atomic mass is 10.0. The average Bonchev–Trinajstić information content (AvgIpc) is 2.83. The van der Waals surface area contributed by atoms with Crippen molar-refractivity contribution in [3.05, 3.63) is 110 Å². The first-order valence-electron chi connectivity index (χ1n) is 10.0. The van der Waals surface area contributed by atoms with Crippen molar-refractivity contribution >= 4 is 16.7 Å². The molecule has 0 unspecified atom stereocenters. The van der Waals surface area contributed by atoms with Gasteiger partial charge in [-0.15, -0.1) is 0 Å². The molecule has 4 rings (SSSR count). The van der Waals surface area contributed by atoms with Gasteiger partial charge in [0.15, 0.2) is 5.82 Å². The Morgan fingerprint density at radius 1 is 0.935 bits per heavy atom. The lowest BCUT2D eigenvalue weighted by molar-refractivity contribution is 1.15. The van der Waals surface area contributed by atoms with Crippen molar-refractivity contribution in [3.63, 3.8) is 0 Å². The molecule has 0 bridgehead atoms. The van der Waals surface area contributed by atoms with Crippen LogP contribution in [0.5, 0.6) is 0 Å². The summed E-state index contributed by atoms with van der Waals surface area (Å²) in [6.45, 7) is 4.64. The van der Waals surface area contributed by atoms with E-state index in [-0.39, 0.29) is 0 Å². The summed E-state index contributed by atoms with van der Waals surface area (Å²) in [7, 11) is 0. The molecule has 0 radical (unpaired) electrons. The Morgan fingerprint density at radius 3 is 2.55 bits per heavy atom. The maximum absolute atomic E-state index is 5.39. The third-order valence-corrected chi connectivity index (χ3v) is 4.74. The number of nitrogens with zero attached hydrogens (tertiary/aromatic N) is 3. The minimum absolute atomic E-state index is 0.534. The molecule has 0 atom stereocenters. The van der Waals surface area contributed by atoms with E-state index in [2.05, 4.69) is 35.1 Å². The first-order chi connectivity index (χ1) is 15.3. The number of pyridine rings is 1. The second-order valence-electron chi connectivity index (χ2n) is 6.93. The van der Waals surface area contributed by atoms with Gasteiger partial charge >= 0.3 is 0 Å². The van der Waals surface area contributed by atoms with Gasteiger partial charge in [0.2, 0.25) is 0 Å². The molecule has 0 spiro atoms. The predicted molar refractivity (Wildman–Crippen MR) is 128 cm³/mol. The molecule has 4 aromatic rings. The summed E-state index contributed by atoms with van der Waals surface area (Å²) in [5.41, 5.74) is 10.0. The molecule has 0 aliphatic rings. The van der Waals surface area contributed by atoms with Gasteiger partial charge in [-0.25, -0.2) is 9.97 Å². The Hall–Kier alpha value is -4.25. The first kappa shape index (κ1) is 20.0. The van der Waals surface area contributed by atoms with Gasteiger partial charge < -0.3 is 11.1 Å². The van der Waals surface area contributed by atoms with E-state index in [1.165, 1.54) is 6.20 Å². The van der Waals surface area contributed by atoms with Crippen molar-refractivity contribution in [2.24, 2.45) is 5.73 Å². The maximum atomic E-state index is 5.39. The van der Waals surface area contributed by atoms with Crippen LogP contribution in [0.4, 0.5) is 5.82 Å². The van der Waals surface area contributed by atoms with E-state index in [0.717, 1.165) is 39.1 Å². The van der Waals surface area contributed by atoms with Gasteiger partial charge in [-0.2, -0.15) is 0 Å². The normalized spacial score (nSPS) is 11.4. The van der Waals surface area contributed by atoms with Crippen LogP contribution in [0.2, 0.25) is 0 Å². The second kappa shape index (κ2) is 9.50. The van der Waals surface area contributed by atoms with Crippen LogP contribution in [0, 0.1) is 0 Å². The first-order valence-corrected chi connectivity index (χ1v) is 10.0. The van der Waals surface area contributed by atoms with E-state index < -0.39 is 0 Å². The standard InChI is InChI=1S/C26H23N5/c1-19(10-5-7-16-27)18-29-26-24-21(20-11-3-2-4-12-20)13-9-15-22(24)30-25(31-26)23-14-6-8-17-28-23/h2-17H,1,18,27H2,(H,29,30,31)/b10-5-,16-7-. The molecule has 3 N–H and O–H groups in total. The quantitative estimate of drug-likeness (QED) is 0.405. The number of aromatic nitrogens is 3. The van der Waals surface area contributed by atoms with Crippen molar-refractivity contribution < 1.29 is 0 Å². The molecule has 0 saturated carbocycles. The molecule has 0 fully saturated rings. The number of allylic oxidation sites excluding steroid dienone is 2. The van der Waals surface area contributed by atoms with E-state index >= 15 is 0 Å². The Morgan fingerprint density at radius 2 is 1.77 bits per heavy atom. The van der Waals surface area contributed by atoms with Crippen LogP contribution in [0.1, 0.15) is 0 Å². The topological polar surface area (TPSA) is 76.7 Å². The fourth-order valence-electron chi connectivity index (χ4n) is 3.29. The number of rotatable bonds is 7. The van der Waals surface area contributed by atoms with Gasteiger partial charge in [-0.05, 0) is 47.2 Å². The summed E-state index contributed by atoms with van der Waals surface area (Å²) in [4.78, 5) is 14.1. The highest BCUT2D eigenvalue weighted by molar-refractivity contribution is 6.02. The van der Waals surface area contributed by atoms with Crippen LogP contribution in [-0.4, -0.2) is 21.5 Å². The Kier molecular flexibility index (Phi) is 6.14. The number of fused-ring (bicyclic) bond motifs is 1. The monoisotopic (exact) mass is 405 g/mol. The lowest BCUT2D eigenvalue weighted by Crippen LogP contribution is -2.07. The molecule has 2 aromatic heterocycles. The average molecular weight is 406 g/mol. The third kappa shape index (κ3) is 4.67. The summed E-state index contributed by atoms with van der Waals surface area (Å²) in [6.07, 6.45) is 8.76. The fraction of sp³-hybridized carbons (Fsp3) is 0.0385. The fourth-order valence-corrected chi connectivity index (χ4v) is 3.29. The summed E-state index contributed by atoms with van der Waals surface area (Å²) in [6, 6.07) is 22.1. The van der Waals surface area contributed by atoms with Crippen molar-refractivity contribution in [1.82, 2.24) is 15.0 Å². The molecule has 0 amide bonds. The zero-order valence-electron chi connectivity index (χ0n) is 17.1. The number of hydrogen-bond acceptors (Lipinski definition) is 5. The summed E-state index contributed by atoms with van der Waals surface area (Å²) in [5, 5.41) is 4.41. The predicted octanol–water partition coefficient (Wildman–Crippen LogP) is 5.36. The molecule has 0 aliphatic carbocycles. The van der Waals surface area contributed by atoms with E-state index in [1.807, 2.05) is 60.7 Å². The largest absolute Gasteiger partial charge is 0.405 e. The molecule has 5 heteroatoms. The van der Waals surface area contributed by atoms with Crippen LogP contribution in [0.15, 0.2) is 110 Å². The van der Waals surface area contributed by atoms with Crippen molar-refractivity contribution in [3.8, 4) is 22.6 Å². The SMILES string of the molecule is C=C(/C=C\C=C/N)CNc1nc(-c2ccccn2)nc2cccc(-c3ccccc3)c12. The Labute approximate surface area is 181 Å². The van der Waals surface area contributed by atoms with Gasteiger partial charge in [-0.1, -0.05) is 67.3 Å². The molecule has 2 heterocycles. The summed E-state index contributed by atoms with van der Waals surface area (Å²) >= 11 is 0. The van der Waals surface area contributed by atoms with Crippen LogP contribution < -0.4 is 11.1 Å². The summed E-state index contributed by atoms with van der Waals surface area (Å²) < 4.78 is 0. The van der Waals surface area contributed by atoms with Gasteiger partial charge in [0.1, 0.15) is 11.5 Å². The molecular formula is C26H23N5. The molecule has 0 saturated heterocycles. The molecular weight excluding hydrogens is 382 g/mol. The van der Waals surface area contributed by atoms with Gasteiger partial charge in [-0.3, -0.25) is 4.98 Å². The van der Waals surface area contributed by atoms with Crippen molar-refractivity contribution in [2.75, 3.05) is 11.9 Å². The van der Waals surface area contributed by atoms with E-state index in [0.29, 0.717) is 12.4 Å². The minimum atomic E-state index is 0.534. The van der Waals surface area contributed by atoms with Crippen molar-refractivity contribution in [2.45, 2.75) is 0 Å². The smallest absolute Gasteiger partial charge is 0.180 e. The van der Waals surface area contributed by atoms with Gasteiger partial charge in [0.25, 0.3) is 0 Å². The van der Waals surface area contributed by atoms with Gasteiger partial charge in [0, 0.05) is 12.7 Å². The van der Waals surface area contributed by atoms with Crippen LogP contribution in [0.25, 0.3) is 33.5 Å². The van der Waals surface area contributed by atoms with Crippen LogP contribution >= 0.6 is 0 Å². The number of nitrogens with two attached hydrogens (primary N) is 1. The van der Waals surface area contributed by atoms with E-state index in [9.17, 15) is 0 Å². The lowest BCUT2D eigenvalue weighted by Gasteiger charge is -2.14.